The van der Waals surface area contributed by atoms with Gasteiger partial charge in [0.05, 0.1) is 0 Å². The Labute approximate surface area is 110 Å². The number of hydrogen-bond acceptors (Lipinski definition) is 2. The molecule has 1 aromatic rings. The summed E-state index contributed by atoms with van der Waals surface area (Å²) in [4.78, 5) is 1.44. The van der Waals surface area contributed by atoms with Gasteiger partial charge in [-0.15, -0.1) is 11.8 Å². The summed E-state index contributed by atoms with van der Waals surface area (Å²) >= 11 is 6.27. The Bertz CT molecular complexity index is 321. The third kappa shape index (κ3) is 4.84. The summed E-state index contributed by atoms with van der Waals surface area (Å²) in [5.74, 6) is 3.03. The van der Waals surface area contributed by atoms with E-state index in [2.05, 4.69) is 51.6 Å². The molecule has 1 aromatic carbocycles. The predicted octanol–water partition coefficient (Wildman–Crippen LogP) is 4.74. The molecule has 0 N–H and O–H groups in total. The lowest BCUT2D eigenvalue weighted by Gasteiger charge is -2.10. The van der Waals surface area contributed by atoms with Crippen molar-refractivity contribution in [1.29, 1.82) is 0 Å². The number of thiol groups is 1. The number of rotatable bonds is 6. The fourth-order valence-corrected chi connectivity index (χ4v) is 3.34. The quantitative estimate of drug-likeness (QED) is 0.565. The zero-order valence-corrected chi connectivity index (χ0v) is 12.2. The molecule has 0 aliphatic rings. The van der Waals surface area contributed by atoms with Crippen LogP contribution in [-0.2, 0) is 0 Å². The normalized spacial score (nSPS) is 12.8. The average Bonchev–Trinajstić information content (AvgIpc) is 2.23. The van der Waals surface area contributed by atoms with E-state index < -0.39 is 0 Å². The van der Waals surface area contributed by atoms with Crippen LogP contribution in [0.2, 0.25) is 0 Å². The Morgan fingerprint density at radius 1 is 1.25 bits per heavy atom. The van der Waals surface area contributed by atoms with E-state index in [1.54, 1.807) is 0 Å². The van der Waals surface area contributed by atoms with E-state index in [0.29, 0.717) is 0 Å². The zero-order valence-electron chi connectivity index (χ0n) is 10.5. The maximum absolute atomic E-state index is 4.27. The van der Waals surface area contributed by atoms with Gasteiger partial charge < -0.3 is 0 Å². The first kappa shape index (κ1) is 14.0. The largest absolute Gasteiger partial charge is 0.179 e. The van der Waals surface area contributed by atoms with Crippen LogP contribution in [0.4, 0.5) is 0 Å². The van der Waals surface area contributed by atoms with E-state index in [-0.39, 0.29) is 0 Å². The van der Waals surface area contributed by atoms with Crippen molar-refractivity contribution in [2.75, 3.05) is 11.5 Å². The topological polar surface area (TPSA) is 0 Å². The molecular weight excluding hydrogens is 232 g/mol. The summed E-state index contributed by atoms with van der Waals surface area (Å²) < 4.78 is 0. The first-order valence-corrected chi connectivity index (χ1v) is 7.56. The SMILES string of the molecule is Cc1ccc(C)c(SCCC(C)CCS)c1. The second kappa shape index (κ2) is 7.29. The molecule has 1 unspecified atom stereocenters. The second-order valence-corrected chi connectivity index (χ2v) is 6.11. The highest BCUT2D eigenvalue weighted by molar-refractivity contribution is 7.99. The van der Waals surface area contributed by atoms with Crippen LogP contribution >= 0.6 is 24.4 Å². The van der Waals surface area contributed by atoms with E-state index in [1.807, 2.05) is 11.8 Å². The van der Waals surface area contributed by atoms with Gasteiger partial charge in [-0.25, -0.2) is 0 Å². The Morgan fingerprint density at radius 2 is 2.00 bits per heavy atom. The van der Waals surface area contributed by atoms with Gasteiger partial charge in [-0.05, 0) is 55.7 Å². The van der Waals surface area contributed by atoms with Crippen LogP contribution in [0, 0.1) is 19.8 Å². The fourth-order valence-electron chi connectivity index (χ4n) is 1.60. The molecule has 0 heterocycles. The molecule has 0 aliphatic heterocycles. The molecule has 1 atom stereocenters. The van der Waals surface area contributed by atoms with Gasteiger partial charge in [-0.1, -0.05) is 24.6 Å². The molecule has 0 aliphatic carbocycles. The van der Waals surface area contributed by atoms with Crippen molar-refractivity contribution in [2.45, 2.75) is 38.5 Å². The lowest BCUT2D eigenvalue weighted by molar-refractivity contribution is 0.554. The van der Waals surface area contributed by atoms with Crippen molar-refractivity contribution >= 4 is 24.4 Å². The molecule has 0 bridgehead atoms. The standard InChI is InChI=1S/C14H22S2/c1-11(6-8-15)7-9-16-14-10-12(2)4-5-13(14)3/h4-5,10-11,15H,6-9H2,1-3H3. The predicted molar refractivity (Wildman–Crippen MR) is 78.9 cm³/mol. The summed E-state index contributed by atoms with van der Waals surface area (Å²) in [5.41, 5.74) is 2.76. The summed E-state index contributed by atoms with van der Waals surface area (Å²) in [5, 5.41) is 0. The number of aryl methyl sites for hydroxylation is 2. The maximum atomic E-state index is 4.27. The molecule has 0 fully saturated rings. The van der Waals surface area contributed by atoms with Crippen molar-refractivity contribution in [3.63, 3.8) is 0 Å². The van der Waals surface area contributed by atoms with Crippen molar-refractivity contribution in [1.82, 2.24) is 0 Å². The van der Waals surface area contributed by atoms with Gasteiger partial charge in [0.15, 0.2) is 0 Å². The van der Waals surface area contributed by atoms with Crippen molar-refractivity contribution in [3.05, 3.63) is 29.3 Å². The molecule has 90 valence electrons. The van der Waals surface area contributed by atoms with Crippen molar-refractivity contribution in [3.8, 4) is 0 Å². The first-order valence-electron chi connectivity index (χ1n) is 5.94. The van der Waals surface area contributed by atoms with Gasteiger partial charge in [0.2, 0.25) is 0 Å². The Hall–Kier alpha value is -0.0800. The van der Waals surface area contributed by atoms with E-state index in [4.69, 9.17) is 0 Å². The summed E-state index contributed by atoms with van der Waals surface area (Å²) in [6.07, 6.45) is 2.52. The van der Waals surface area contributed by atoms with Gasteiger partial charge in [-0.3, -0.25) is 0 Å². The second-order valence-electron chi connectivity index (χ2n) is 4.52. The Morgan fingerprint density at radius 3 is 2.69 bits per heavy atom. The fraction of sp³-hybridized carbons (Fsp3) is 0.571. The number of thioether (sulfide) groups is 1. The van der Waals surface area contributed by atoms with Crippen LogP contribution in [0.3, 0.4) is 0 Å². The van der Waals surface area contributed by atoms with Gasteiger partial charge in [0.25, 0.3) is 0 Å². The van der Waals surface area contributed by atoms with Crippen molar-refractivity contribution in [2.24, 2.45) is 5.92 Å². The molecular formula is C14H22S2. The molecule has 16 heavy (non-hydrogen) atoms. The minimum atomic E-state index is 0.801. The molecule has 0 radical (unpaired) electrons. The van der Waals surface area contributed by atoms with Crippen LogP contribution in [-0.4, -0.2) is 11.5 Å². The van der Waals surface area contributed by atoms with E-state index in [0.717, 1.165) is 11.7 Å². The average molecular weight is 254 g/mol. The molecule has 0 saturated carbocycles. The third-order valence-electron chi connectivity index (χ3n) is 2.83. The van der Waals surface area contributed by atoms with Gasteiger partial charge in [0, 0.05) is 4.90 Å². The highest BCUT2D eigenvalue weighted by Gasteiger charge is 2.03. The maximum Gasteiger partial charge on any atom is 0.0104 e. The van der Waals surface area contributed by atoms with Crippen LogP contribution in [0.15, 0.2) is 23.1 Å². The van der Waals surface area contributed by atoms with E-state index >= 15 is 0 Å². The minimum Gasteiger partial charge on any atom is -0.179 e. The summed E-state index contributed by atoms with van der Waals surface area (Å²) in [6.45, 7) is 6.67. The summed E-state index contributed by atoms with van der Waals surface area (Å²) in [7, 11) is 0. The van der Waals surface area contributed by atoms with Crippen molar-refractivity contribution < 1.29 is 0 Å². The molecule has 1 rings (SSSR count). The first-order chi connectivity index (χ1) is 7.63. The Kier molecular flexibility index (Phi) is 6.37. The number of hydrogen-bond donors (Lipinski definition) is 1. The Balaban J connectivity index is 2.39. The molecule has 0 spiro atoms. The van der Waals surface area contributed by atoms with Crippen LogP contribution in [0.1, 0.15) is 30.9 Å². The third-order valence-corrected chi connectivity index (χ3v) is 4.28. The zero-order chi connectivity index (χ0) is 12.0. The van der Waals surface area contributed by atoms with Crippen LogP contribution in [0.25, 0.3) is 0 Å². The van der Waals surface area contributed by atoms with Gasteiger partial charge in [0.1, 0.15) is 0 Å². The molecule has 0 aromatic heterocycles. The minimum absolute atomic E-state index is 0.801. The van der Waals surface area contributed by atoms with Crippen LogP contribution in [0.5, 0.6) is 0 Å². The highest BCUT2D eigenvalue weighted by atomic mass is 32.2. The monoisotopic (exact) mass is 254 g/mol. The number of benzene rings is 1. The summed E-state index contributed by atoms with van der Waals surface area (Å²) in [6, 6.07) is 6.70. The highest BCUT2D eigenvalue weighted by Crippen LogP contribution is 2.25. The molecule has 0 amide bonds. The van der Waals surface area contributed by atoms with Gasteiger partial charge >= 0.3 is 0 Å². The van der Waals surface area contributed by atoms with Gasteiger partial charge in [-0.2, -0.15) is 12.6 Å². The van der Waals surface area contributed by atoms with Crippen LogP contribution < -0.4 is 0 Å². The van der Waals surface area contributed by atoms with E-state index in [9.17, 15) is 0 Å². The molecule has 0 nitrogen and oxygen atoms in total. The lowest BCUT2D eigenvalue weighted by Crippen LogP contribution is -1.97. The molecule has 0 saturated heterocycles. The molecule has 2 heteroatoms. The smallest absolute Gasteiger partial charge is 0.0104 e. The van der Waals surface area contributed by atoms with E-state index in [1.165, 1.54) is 34.6 Å². The lowest BCUT2D eigenvalue weighted by atomic mass is 10.1.